The van der Waals surface area contributed by atoms with Crippen molar-refractivity contribution in [3.8, 4) is 0 Å². The zero-order valence-electron chi connectivity index (χ0n) is 11.0. The number of hydrazine groups is 1. The Hall–Kier alpha value is -2.43. The molecule has 4 nitrogen and oxygen atoms in total. The standard InChI is InChI=1S/C16H16N4/c17-15-7-8-19-10-14(15)16(20-18)13-6-5-11-3-1-2-4-12(11)9-13/h1-10,16,20H,18H2,(H2,17,19). The van der Waals surface area contributed by atoms with Gasteiger partial charge in [-0.2, -0.15) is 0 Å². The average molecular weight is 264 g/mol. The van der Waals surface area contributed by atoms with Crippen molar-refractivity contribution in [2.75, 3.05) is 5.73 Å². The summed E-state index contributed by atoms with van der Waals surface area (Å²) in [4.78, 5) is 4.13. The molecule has 0 saturated carbocycles. The van der Waals surface area contributed by atoms with Gasteiger partial charge in [0.1, 0.15) is 0 Å². The first-order valence-electron chi connectivity index (χ1n) is 6.44. The molecule has 1 heterocycles. The summed E-state index contributed by atoms with van der Waals surface area (Å²) in [6, 6.07) is 16.1. The number of nitrogens with one attached hydrogen (secondary N) is 1. The second-order valence-corrected chi connectivity index (χ2v) is 4.71. The third-order valence-electron chi connectivity index (χ3n) is 3.47. The number of benzene rings is 2. The van der Waals surface area contributed by atoms with Gasteiger partial charge in [-0.1, -0.05) is 36.4 Å². The van der Waals surface area contributed by atoms with Crippen molar-refractivity contribution in [1.29, 1.82) is 0 Å². The van der Waals surface area contributed by atoms with Gasteiger partial charge in [-0.25, -0.2) is 5.43 Å². The van der Waals surface area contributed by atoms with Crippen molar-refractivity contribution in [3.05, 3.63) is 72.1 Å². The molecular weight excluding hydrogens is 248 g/mol. The van der Waals surface area contributed by atoms with Gasteiger partial charge in [0.05, 0.1) is 6.04 Å². The summed E-state index contributed by atoms with van der Waals surface area (Å²) in [5.74, 6) is 5.72. The van der Waals surface area contributed by atoms with Crippen molar-refractivity contribution in [2.24, 2.45) is 5.84 Å². The number of hydrogen-bond acceptors (Lipinski definition) is 4. The second-order valence-electron chi connectivity index (χ2n) is 4.71. The Kier molecular flexibility index (Phi) is 3.33. The van der Waals surface area contributed by atoms with Crippen LogP contribution in [0.1, 0.15) is 17.2 Å². The molecule has 0 saturated heterocycles. The number of nitrogen functional groups attached to an aromatic ring is 1. The van der Waals surface area contributed by atoms with Gasteiger partial charge in [0.2, 0.25) is 0 Å². The number of rotatable bonds is 3. The first-order valence-corrected chi connectivity index (χ1v) is 6.44. The fraction of sp³-hybridized carbons (Fsp3) is 0.0625. The molecule has 3 aromatic rings. The van der Waals surface area contributed by atoms with Gasteiger partial charge in [-0.3, -0.25) is 10.8 Å². The van der Waals surface area contributed by atoms with Crippen LogP contribution in [-0.2, 0) is 0 Å². The van der Waals surface area contributed by atoms with Gasteiger partial charge < -0.3 is 5.73 Å². The molecule has 100 valence electrons. The number of pyridine rings is 1. The second kappa shape index (κ2) is 5.28. The number of nitrogens with zero attached hydrogens (tertiary/aromatic N) is 1. The lowest BCUT2D eigenvalue weighted by Crippen LogP contribution is -2.29. The van der Waals surface area contributed by atoms with E-state index in [1.807, 2.05) is 12.1 Å². The number of aromatic nitrogens is 1. The molecule has 1 unspecified atom stereocenters. The number of hydrogen-bond donors (Lipinski definition) is 3. The van der Waals surface area contributed by atoms with Gasteiger partial charge in [-0.15, -0.1) is 0 Å². The van der Waals surface area contributed by atoms with E-state index in [4.69, 9.17) is 11.6 Å². The lowest BCUT2D eigenvalue weighted by molar-refractivity contribution is 0.637. The molecule has 4 heteroatoms. The summed E-state index contributed by atoms with van der Waals surface area (Å²) in [6.07, 6.45) is 3.42. The fourth-order valence-corrected chi connectivity index (χ4v) is 2.41. The molecule has 0 amide bonds. The molecule has 20 heavy (non-hydrogen) atoms. The minimum atomic E-state index is -0.173. The highest BCUT2D eigenvalue weighted by atomic mass is 15.2. The zero-order valence-corrected chi connectivity index (χ0v) is 11.0. The van der Waals surface area contributed by atoms with E-state index in [1.54, 1.807) is 18.5 Å². The molecule has 1 aromatic heterocycles. The van der Waals surface area contributed by atoms with Gasteiger partial charge in [0.25, 0.3) is 0 Å². The first kappa shape index (κ1) is 12.6. The molecule has 0 spiro atoms. The SMILES string of the molecule is NNC(c1ccc2ccccc2c1)c1cnccc1N. The van der Waals surface area contributed by atoms with Crippen molar-refractivity contribution in [2.45, 2.75) is 6.04 Å². The summed E-state index contributed by atoms with van der Waals surface area (Å²) < 4.78 is 0. The quantitative estimate of drug-likeness (QED) is 0.501. The normalized spacial score (nSPS) is 12.4. The van der Waals surface area contributed by atoms with Gasteiger partial charge in [-0.05, 0) is 28.5 Å². The van der Waals surface area contributed by atoms with Crippen LogP contribution in [0.15, 0.2) is 60.9 Å². The monoisotopic (exact) mass is 264 g/mol. The largest absolute Gasteiger partial charge is 0.398 e. The molecule has 0 fully saturated rings. The van der Waals surface area contributed by atoms with Gasteiger partial charge in [0, 0.05) is 23.6 Å². The van der Waals surface area contributed by atoms with Crippen LogP contribution in [0.25, 0.3) is 10.8 Å². The van der Waals surface area contributed by atoms with E-state index in [-0.39, 0.29) is 6.04 Å². The molecule has 0 aliphatic carbocycles. The van der Waals surface area contributed by atoms with E-state index < -0.39 is 0 Å². The van der Waals surface area contributed by atoms with Crippen molar-refractivity contribution in [1.82, 2.24) is 10.4 Å². The fourth-order valence-electron chi connectivity index (χ4n) is 2.41. The molecule has 0 radical (unpaired) electrons. The molecule has 2 aromatic carbocycles. The van der Waals surface area contributed by atoms with E-state index in [0.717, 1.165) is 11.1 Å². The zero-order chi connectivity index (χ0) is 13.9. The lowest BCUT2D eigenvalue weighted by atomic mass is 9.97. The van der Waals surface area contributed by atoms with Crippen LogP contribution in [0.5, 0.6) is 0 Å². The summed E-state index contributed by atoms with van der Waals surface area (Å²) in [5, 5.41) is 2.37. The van der Waals surface area contributed by atoms with E-state index in [1.165, 1.54) is 10.8 Å². The number of anilines is 1. The predicted molar refractivity (Wildman–Crippen MR) is 81.8 cm³/mol. The third kappa shape index (κ3) is 2.22. The van der Waals surface area contributed by atoms with E-state index >= 15 is 0 Å². The number of fused-ring (bicyclic) bond motifs is 1. The van der Waals surface area contributed by atoms with Crippen LogP contribution in [0.2, 0.25) is 0 Å². The maximum atomic E-state index is 6.01. The smallest absolute Gasteiger partial charge is 0.0745 e. The summed E-state index contributed by atoms with van der Waals surface area (Å²) in [6.45, 7) is 0. The highest BCUT2D eigenvalue weighted by molar-refractivity contribution is 5.83. The highest BCUT2D eigenvalue weighted by Gasteiger charge is 2.15. The van der Waals surface area contributed by atoms with Crippen molar-refractivity contribution >= 4 is 16.5 Å². The van der Waals surface area contributed by atoms with E-state index in [9.17, 15) is 0 Å². The first-order chi connectivity index (χ1) is 9.79. The van der Waals surface area contributed by atoms with Crippen molar-refractivity contribution < 1.29 is 0 Å². The molecular formula is C16H16N4. The minimum Gasteiger partial charge on any atom is -0.398 e. The molecule has 5 N–H and O–H groups in total. The number of nitrogens with two attached hydrogens (primary N) is 2. The van der Waals surface area contributed by atoms with E-state index in [0.29, 0.717) is 5.69 Å². The maximum Gasteiger partial charge on any atom is 0.0745 e. The molecule has 3 rings (SSSR count). The minimum absolute atomic E-state index is 0.173. The van der Waals surface area contributed by atoms with Crippen LogP contribution < -0.4 is 17.0 Å². The highest BCUT2D eigenvalue weighted by Crippen LogP contribution is 2.27. The Morgan fingerprint density at radius 1 is 1.00 bits per heavy atom. The average Bonchev–Trinajstić information content (AvgIpc) is 2.50. The molecule has 1 atom stereocenters. The Morgan fingerprint density at radius 2 is 1.80 bits per heavy atom. The predicted octanol–water partition coefficient (Wildman–Crippen LogP) is 2.37. The maximum absolute atomic E-state index is 6.01. The lowest BCUT2D eigenvalue weighted by Gasteiger charge is -2.18. The van der Waals surface area contributed by atoms with Gasteiger partial charge in [0.15, 0.2) is 0 Å². The summed E-state index contributed by atoms with van der Waals surface area (Å²) >= 11 is 0. The Labute approximate surface area is 117 Å². The topological polar surface area (TPSA) is 77.0 Å². The third-order valence-corrected chi connectivity index (χ3v) is 3.47. The van der Waals surface area contributed by atoms with Crippen LogP contribution in [0.4, 0.5) is 5.69 Å². The van der Waals surface area contributed by atoms with Crippen LogP contribution in [0, 0.1) is 0 Å². The van der Waals surface area contributed by atoms with Crippen LogP contribution >= 0.6 is 0 Å². The molecule has 0 aliphatic rings. The molecule has 0 aliphatic heterocycles. The van der Waals surface area contributed by atoms with Crippen molar-refractivity contribution in [3.63, 3.8) is 0 Å². The van der Waals surface area contributed by atoms with E-state index in [2.05, 4.69) is 40.7 Å². The van der Waals surface area contributed by atoms with Crippen LogP contribution in [-0.4, -0.2) is 4.98 Å². The summed E-state index contributed by atoms with van der Waals surface area (Å²) in [7, 11) is 0. The Bertz CT molecular complexity index is 739. The van der Waals surface area contributed by atoms with Gasteiger partial charge >= 0.3 is 0 Å². The Morgan fingerprint density at radius 3 is 2.55 bits per heavy atom. The molecule has 0 bridgehead atoms. The summed E-state index contributed by atoms with van der Waals surface area (Å²) in [5.41, 5.74) is 11.4. The van der Waals surface area contributed by atoms with Crippen LogP contribution in [0.3, 0.4) is 0 Å². The Balaban J connectivity index is 2.10.